The average molecular weight is 442 g/mol. The molecule has 10 heteroatoms. The largest absolute Gasteiger partial charge is 0.496 e. The highest BCUT2D eigenvalue weighted by atomic mass is 16.6. The Kier molecular flexibility index (Phi) is 7.39. The Bertz CT molecular complexity index is 989. The van der Waals surface area contributed by atoms with E-state index in [0.29, 0.717) is 0 Å². The number of anilines is 1. The minimum absolute atomic E-state index is 0.0184. The summed E-state index contributed by atoms with van der Waals surface area (Å²) in [5.41, 5.74) is 0.249. The first-order chi connectivity index (χ1) is 15.3. The molecule has 0 atom stereocenters. The number of ether oxygens (including phenoxy) is 1. The summed E-state index contributed by atoms with van der Waals surface area (Å²) in [5, 5.41) is 24.4. The fraction of sp³-hybridized carbons (Fsp3) is 0.364. The molecule has 1 heterocycles. The van der Waals surface area contributed by atoms with Crippen LogP contribution in [0.15, 0.2) is 42.5 Å². The van der Waals surface area contributed by atoms with E-state index in [1.54, 1.807) is 0 Å². The van der Waals surface area contributed by atoms with Gasteiger partial charge in [-0.2, -0.15) is 5.06 Å². The van der Waals surface area contributed by atoms with Crippen LogP contribution in [0, 0.1) is 10.1 Å². The van der Waals surface area contributed by atoms with Crippen LogP contribution in [0.4, 0.5) is 11.4 Å². The lowest BCUT2D eigenvalue weighted by Gasteiger charge is -2.32. The van der Waals surface area contributed by atoms with Gasteiger partial charge in [0.2, 0.25) is 5.91 Å². The van der Waals surface area contributed by atoms with E-state index in [9.17, 15) is 24.9 Å². The van der Waals surface area contributed by atoms with Crippen LogP contribution < -0.4 is 15.1 Å². The third-order valence-corrected chi connectivity index (χ3v) is 5.44. The number of nitrogens with zero attached hydrogens (tertiary/aromatic N) is 3. The third kappa shape index (κ3) is 5.40. The van der Waals surface area contributed by atoms with Crippen molar-refractivity contribution in [3.8, 4) is 5.75 Å². The van der Waals surface area contributed by atoms with E-state index in [0.717, 1.165) is 51.5 Å². The van der Waals surface area contributed by atoms with Crippen LogP contribution in [-0.4, -0.2) is 53.1 Å². The van der Waals surface area contributed by atoms with Gasteiger partial charge in [-0.3, -0.25) is 29.8 Å². The number of nitro groups is 1. The lowest BCUT2D eigenvalue weighted by molar-refractivity contribution is -0.384. The van der Waals surface area contributed by atoms with Crippen molar-refractivity contribution in [3.63, 3.8) is 0 Å². The summed E-state index contributed by atoms with van der Waals surface area (Å²) in [6.07, 6.45) is 1.49. The molecule has 1 fully saturated rings. The molecule has 0 radical (unpaired) electrons. The Labute approximate surface area is 185 Å². The average Bonchev–Trinajstić information content (AvgIpc) is 2.79. The zero-order valence-corrected chi connectivity index (χ0v) is 18.0. The summed E-state index contributed by atoms with van der Waals surface area (Å²) < 4.78 is 5.20. The number of carbonyl (C=O) groups excluding carboxylic acids is 2. The van der Waals surface area contributed by atoms with Gasteiger partial charge in [0.1, 0.15) is 5.75 Å². The van der Waals surface area contributed by atoms with Crippen molar-refractivity contribution in [2.24, 2.45) is 0 Å². The molecule has 2 aromatic rings. The topological polar surface area (TPSA) is 125 Å². The molecule has 1 aliphatic rings. The molecule has 170 valence electrons. The Morgan fingerprint density at radius 2 is 1.91 bits per heavy atom. The van der Waals surface area contributed by atoms with Gasteiger partial charge in [-0.05, 0) is 18.4 Å². The Balaban J connectivity index is 1.70. The molecule has 3 rings (SSSR count). The number of amides is 2. The van der Waals surface area contributed by atoms with Crippen molar-refractivity contribution >= 4 is 23.2 Å². The standard InChI is InChI=1S/C22H26N4O6/c1-15(27)25(29)19-13-21(32-2)18(12-20(19)26(30)31)22(28)23-17-8-10-24(11-9-17)14-16-6-4-3-5-7-16/h3-7,12-13,17,29H,8-11,14H2,1-2H3,(H,23,28). The molecule has 0 unspecified atom stereocenters. The predicted molar refractivity (Wildman–Crippen MR) is 117 cm³/mol. The number of hydrogen-bond acceptors (Lipinski definition) is 7. The smallest absolute Gasteiger partial charge is 0.296 e. The fourth-order valence-electron chi connectivity index (χ4n) is 3.73. The number of nitro benzene ring substituents is 1. The van der Waals surface area contributed by atoms with Crippen LogP contribution in [0.25, 0.3) is 0 Å². The Morgan fingerprint density at radius 1 is 1.25 bits per heavy atom. The fourth-order valence-corrected chi connectivity index (χ4v) is 3.73. The number of carbonyl (C=O) groups is 2. The highest BCUT2D eigenvalue weighted by molar-refractivity contribution is 6.00. The van der Waals surface area contributed by atoms with Gasteiger partial charge in [0.15, 0.2) is 5.69 Å². The summed E-state index contributed by atoms with van der Waals surface area (Å²) in [4.78, 5) is 37.4. The number of rotatable bonds is 7. The molecule has 2 amide bonds. The zero-order chi connectivity index (χ0) is 23.3. The van der Waals surface area contributed by atoms with Crippen molar-refractivity contribution in [3.05, 3.63) is 63.7 Å². The lowest BCUT2D eigenvalue weighted by atomic mass is 10.0. The van der Waals surface area contributed by atoms with Crippen LogP contribution in [0.5, 0.6) is 5.75 Å². The zero-order valence-electron chi connectivity index (χ0n) is 18.0. The first-order valence-electron chi connectivity index (χ1n) is 10.2. The maximum atomic E-state index is 12.9. The number of hydroxylamine groups is 1. The number of nitrogens with one attached hydrogen (secondary N) is 1. The normalized spacial score (nSPS) is 14.6. The molecule has 1 aliphatic heterocycles. The van der Waals surface area contributed by atoms with Crippen molar-refractivity contribution in [1.29, 1.82) is 0 Å². The molecule has 0 saturated carbocycles. The molecule has 10 nitrogen and oxygen atoms in total. The van der Waals surface area contributed by atoms with Crippen LogP contribution in [0.1, 0.15) is 35.7 Å². The molecule has 0 aromatic heterocycles. The van der Waals surface area contributed by atoms with Crippen LogP contribution >= 0.6 is 0 Å². The van der Waals surface area contributed by atoms with E-state index in [1.807, 2.05) is 18.2 Å². The second kappa shape index (κ2) is 10.2. The van der Waals surface area contributed by atoms with E-state index >= 15 is 0 Å². The van der Waals surface area contributed by atoms with Gasteiger partial charge in [-0.25, -0.2) is 0 Å². The summed E-state index contributed by atoms with van der Waals surface area (Å²) in [7, 11) is 1.30. The summed E-state index contributed by atoms with van der Waals surface area (Å²) in [5.74, 6) is -1.30. The molecule has 1 saturated heterocycles. The molecule has 32 heavy (non-hydrogen) atoms. The molecule has 2 N–H and O–H groups in total. The van der Waals surface area contributed by atoms with Gasteiger partial charge in [0.05, 0.1) is 17.6 Å². The quantitative estimate of drug-likeness (QED) is 0.384. The van der Waals surface area contributed by atoms with E-state index < -0.39 is 22.4 Å². The van der Waals surface area contributed by atoms with E-state index in [2.05, 4.69) is 22.3 Å². The summed E-state index contributed by atoms with van der Waals surface area (Å²) in [6.45, 7) is 3.53. The van der Waals surface area contributed by atoms with E-state index in [4.69, 9.17) is 4.74 Å². The first-order valence-corrected chi connectivity index (χ1v) is 10.2. The molecular formula is C22H26N4O6. The van der Waals surface area contributed by atoms with Gasteiger partial charge >= 0.3 is 0 Å². The highest BCUT2D eigenvalue weighted by Crippen LogP contribution is 2.35. The number of hydrogen-bond donors (Lipinski definition) is 2. The molecule has 0 aliphatic carbocycles. The van der Waals surface area contributed by atoms with Gasteiger partial charge in [0.25, 0.3) is 11.6 Å². The number of piperidine rings is 1. The summed E-state index contributed by atoms with van der Waals surface area (Å²) in [6, 6.07) is 12.2. The van der Waals surface area contributed by atoms with Gasteiger partial charge in [-0.1, -0.05) is 30.3 Å². The Morgan fingerprint density at radius 3 is 2.47 bits per heavy atom. The Hall–Kier alpha value is -3.50. The highest BCUT2D eigenvalue weighted by Gasteiger charge is 2.28. The van der Waals surface area contributed by atoms with E-state index in [1.165, 1.54) is 12.7 Å². The SMILES string of the molecule is COc1cc(N(O)C(C)=O)c([N+](=O)[O-])cc1C(=O)NC1CCN(Cc2ccccc2)CC1. The van der Waals surface area contributed by atoms with Crippen molar-refractivity contribution in [1.82, 2.24) is 10.2 Å². The number of methoxy groups -OCH3 is 1. The second-order valence-corrected chi connectivity index (χ2v) is 7.64. The molecule has 0 spiro atoms. The van der Waals surface area contributed by atoms with E-state index in [-0.39, 0.29) is 28.1 Å². The van der Waals surface area contributed by atoms with Gasteiger partial charge < -0.3 is 10.1 Å². The van der Waals surface area contributed by atoms with Crippen LogP contribution in [0.2, 0.25) is 0 Å². The monoisotopic (exact) mass is 442 g/mol. The van der Waals surface area contributed by atoms with Gasteiger partial charge in [0, 0.05) is 44.7 Å². The van der Waals surface area contributed by atoms with Crippen molar-refractivity contribution < 1.29 is 24.5 Å². The maximum Gasteiger partial charge on any atom is 0.296 e. The molecule has 2 aromatic carbocycles. The molecular weight excluding hydrogens is 416 g/mol. The summed E-state index contributed by atoms with van der Waals surface area (Å²) >= 11 is 0. The van der Waals surface area contributed by atoms with Crippen LogP contribution in [0.3, 0.4) is 0 Å². The third-order valence-electron chi connectivity index (χ3n) is 5.44. The lowest BCUT2D eigenvalue weighted by Crippen LogP contribution is -2.44. The van der Waals surface area contributed by atoms with Crippen molar-refractivity contribution in [2.45, 2.75) is 32.4 Å². The second-order valence-electron chi connectivity index (χ2n) is 7.64. The first kappa shape index (κ1) is 23.2. The minimum atomic E-state index is -0.811. The maximum absolute atomic E-state index is 12.9. The minimum Gasteiger partial charge on any atom is -0.496 e. The predicted octanol–water partition coefficient (Wildman–Crippen LogP) is 2.74. The van der Waals surface area contributed by atoms with Gasteiger partial charge in [-0.15, -0.1) is 0 Å². The molecule has 0 bridgehead atoms. The number of likely N-dealkylation sites (tertiary alicyclic amines) is 1. The van der Waals surface area contributed by atoms with Crippen LogP contribution in [-0.2, 0) is 11.3 Å². The van der Waals surface area contributed by atoms with Crippen molar-refractivity contribution in [2.75, 3.05) is 25.3 Å². The number of benzene rings is 2.